The van der Waals surface area contributed by atoms with Crippen molar-refractivity contribution in [2.75, 3.05) is 18.8 Å². The highest BCUT2D eigenvalue weighted by atomic mass is 32.2. The molecule has 1 saturated heterocycles. The van der Waals surface area contributed by atoms with E-state index in [-0.39, 0.29) is 16.1 Å². The quantitative estimate of drug-likeness (QED) is 0.519. The van der Waals surface area contributed by atoms with Gasteiger partial charge >= 0.3 is 0 Å². The lowest BCUT2D eigenvalue weighted by Crippen LogP contribution is -2.53. The topological polar surface area (TPSA) is 133 Å². The van der Waals surface area contributed by atoms with Gasteiger partial charge in [-0.05, 0) is 18.2 Å². The summed E-state index contributed by atoms with van der Waals surface area (Å²) in [5.41, 5.74) is 5.60. The number of amides is 2. The molecule has 2 amide bonds. The molecule has 0 atom stereocenters. The van der Waals surface area contributed by atoms with E-state index in [1.54, 1.807) is 6.07 Å². The number of hydrogen-bond acceptors (Lipinski definition) is 6. The monoisotopic (exact) mass is 294 g/mol. The number of hydrogen-bond donors (Lipinski definition) is 2. The van der Waals surface area contributed by atoms with E-state index in [1.807, 2.05) is 5.32 Å². The summed E-state index contributed by atoms with van der Waals surface area (Å²) in [7, 11) is -4.11. The number of imide groups is 1. The summed E-state index contributed by atoms with van der Waals surface area (Å²) in [6.45, 7) is -0.938. The standard InChI is InChI=1S/C11H10N4O4S/c12-4-7-3-8(13)1-2-9(7)20(18,19)15-5-10(16)14-11(17)6-15/h1-3H,5-6,13H2,(H,14,16,17). The molecule has 1 aliphatic heterocycles. The van der Waals surface area contributed by atoms with Crippen LogP contribution in [0, 0.1) is 11.3 Å². The minimum absolute atomic E-state index is 0.136. The van der Waals surface area contributed by atoms with E-state index in [2.05, 4.69) is 0 Å². The van der Waals surface area contributed by atoms with Gasteiger partial charge in [-0.25, -0.2) is 8.42 Å². The van der Waals surface area contributed by atoms with E-state index in [0.717, 1.165) is 4.31 Å². The zero-order valence-electron chi connectivity index (χ0n) is 10.2. The summed E-state index contributed by atoms with van der Waals surface area (Å²) < 4.78 is 25.5. The summed E-state index contributed by atoms with van der Waals surface area (Å²) >= 11 is 0. The van der Waals surface area contributed by atoms with E-state index >= 15 is 0 Å². The Labute approximate surface area is 114 Å². The number of nitrogens with two attached hydrogens (primary N) is 1. The largest absolute Gasteiger partial charge is 0.399 e. The van der Waals surface area contributed by atoms with Crippen LogP contribution in [0.1, 0.15) is 5.56 Å². The number of carbonyl (C=O) groups excluding carboxylic acids is 2. The Balaban J connectivity index is 2.48. The zero-order valence-corrected chi connectivity index (χ0v) is 11.0. The number of nitriles is 1. The summed E-state index contributed by atoms with van der Waals surface area (Å²) in [5.74, 6) is -1.42. The van der Waals surface area contributed by atoms with E-state index in [9.17, 15) is 18.0 Å². The molecule has 1 aromatic rings. The number of benzene rings is 1. The molecule has 1 aromatic carbocycles. The fraction of sp³-hybridized carbons (Fsp3) is 0.182. The average molecular weight is 294 g/mol. The lowest BCUT2D eigenvalue weighted by Gasteiger charge is -2.25. The van der Waals surface area contributed by atoms with Gasteiger partial charge in [0.25, 0.3) is 0 Å². The van der Waals surface area contributed by atoms with Crippen molar-refractivity contribution in [2.45, 2.75) is 4.90 Å². The van der Waals surface area contributed by atoms with Crippen LogP contribution >= 0.6 is 0 Å². The Bertz CT molecular complexity index is 719. The molecule has 1 aliphatic rings. The van der Waals surface area contributed by atoms with Crippen molar-refractivity contribution in [3.05, 3.63) is 23.8 Å². The number of carbonyl (C=O) groups is 2. The normalized spacial score (nSPS) is 16.6. The fourth-order valence-electron chi connectivity index (χ4n) is 1.78. The van der Waals surface area contributed by atoms with Gasteiger partial charge in [0.15, 0.2) is 0 Å². The van der Waals surface area contributed by atoms with Gasteiger partial charge in [0.2, 0.25) is 21.8 Å². The third kappa shape index (κ3) is 2.47. The van der Waals surface area contributed by atoms with Gasteiger partial charge in [0.05, 0.1) is 18.7 Å². The molecule has 0 saturated carbocycles. The molecule has 1 fully saturated rings. The molecule has 1 heterocycles. The van der Waals surface area contributed by atoms with Crippen LogP contribution in [0.3, 0.4) is 0 Å². The first kappa shape index (κ1) is 14.0. The van der Waals surface area contributed by atoms with E-state index in [0.29, 0.717) is 0 Å². The number of anilines is 1. The fourth-order valence-corrected chi connectivity index (χ4v) is 3.25. The van der Waals surface area contributed by atoms with Crippen LogP contribution < -0.4 is 11.1 Å². The summed E-state index contributed by atoms with van der Waals surface area (Å²) in [5, 5.41) is 11.0. The molecule has 2 rings (SSSR count). The molecule has 8 nitrogen and oxygen atoms in total. The van der Waals surface area contributed by atoms with Crippen molar-refractivity contribution in [2.24, 2.45) is 0 Å². The zero-order chi connectivity index (χ0) is 14.9. The maximum atomic E-state index is 12.4. The summed E-state index contributed by atoms with van der Waals surface area (Å²) in [6, 6.07) is 5.47. The molecule has 0 spiro atoms. The SMILES string of the molecule is N#Cc1cc(N)ccc1S(=O)(=O)N1CC(=O)NC(=O)C1. The van der Waals surface area contributed by atoms with Gasteiger partial charge in [0.1, 0.15) is 11.0 Å². The Hall–Kier alpha value is -2.44. The second-order valence-corrected chi connectivity index (χ2v) is 6.02. The van der Waals surface area contributed by atoms with Gasteiger partial charge in [-0.15, -0.1) is 0 Å². The molecule has 0 aromatic heterocycles. The van der Waals surface area contributed by atoms with Crippen molar-refractivity contribution in [1.82, 2.24) is 9.62 Å². The predicted molar refractivity (Wildman–Crippen MR) is 67.5 cm³/mol. The average Bonchev–Trinajstić information content (AvgIpc) is 2.37. The van der Waals surface area contributed by atoms with Crippen LogP contribution in [0.2, 0.25) is 0 Å². The van der Waals surface area contributed by atoms with E-state index in [1.165, 1.54) is 18.2 Å². The number of nitrogens with one attached hydrogen (secondary N) is 1. The van der Waals surface area contributed by atoms with Gasteiger partial charge in [-0.1, -0.05) is 0 Å². The smallest absolute Gasteiger partial charge is 0.245 e. The first-order valence-electron chi connectivity index (χ1n) is 5.47. The molecule has 9 heteroatoms. The van der Waals surface area contributed by atoms with Crippen LogP contribution in [0.25, 0.3) is 0 Å². The van der Waals surface area contributed by atoms with Gasteiger partial charge in [0, 0.05) is 5.69 Å². The van der Waals surface area contributed by atoms with E-state index < -0.39 is 34.9 Å². The van der Waals surface area contributed by atoms with Crippen LogP contribution in [0.5, 0.6) is 0 Å². The Morgan fingerprint density at radius 1 is 1.25 bits per heavy atom. The minimum atomic E-state index is -4.11. The summed E-state index contributed by atoms with van der Waals surface area (Å²) in [6.07, 6.45) is 0. The number of nitrogen functional groups attached to an aromatic ring is 1. The molecule has 3 N–H and O–H groups in total. The third-order valence-corrected chi connectivity index (χ3v) is 4.51. The second-order valence-electron chi connectivity index (χ2n) is 4.11. The Morgan fingerprint density at radius 3 is 2.40 bits per heavy atom. The minimum Gasteiger partial charge on any atom is -0.399 e. The van der Waals surface area contributed by atoms with Gasteiger partial charge < -0.3 is 5.73 Å². The maximum absolute atomic E-state index is 12.4. The first-order valence-corrected chi connectivity index (χ1v) is 6.91. The number of nitrogens with zero attached hydrogens (tertiary/aromatic N) is 2. The van der Waals surface area contributed by atoms with Gasteiger partial charge in [-0.2, -0.15) is 9.57 Å². The van der Waals surface area contributed by atoms with Crippen molar-refractivity contribution in [1.29, 1.82) is 5.26 Å². The number of rotatable bonds is 2. The highest BCUT2D eigenvalue weighted by molar-refractivity contribution is 7.89. The van der Waals surface area contributed by atoms with Gasteiger partial charge in [-0.3, -0.25) is 14.9 Å². The maximum Gasteiger partial charge on any atom is 0.245 e. The lowest BCUT2D eigenvalue weighted by molar-refractivity contribution is -0.134. The second kappa shape index (κ2) is 4.92. The molecule has 0 bridgehead atoms. The van der Waals surface area contributed by atoms with Crippen molar-refractivity contribution >= 4 is 27.5 Å². The van der Waals surface area contributed by atoms with E-state index in [4.69, 9.17) is 11.0 Å². The van der Waals surface area contributed by atoms with Crippen LogP contribution in [0.4, 0.5) is 5.69 Å². The highest BCUT2D eigenvalue weighted by Crippen LogP contribution is 2.22. The van der Waals surface area contributed by atoms with Crippen LogP contribution in [-0.4, -0.2) is 37.6 Å². The molecule has 0 radical (unpaired) electrons. The van der Waals surface area contributed by atoms with Crippen molar-refractivity contribution in [3.63, 3.8) is 0 Å². The Morgan fingerprint density at radius 2 is 1.85 bits per heavy atom. The summed E-state index contributed by atoms with van der Waals surface area (Å²) in [4.78, 5) is 22.2. The van der Waals surface area contributed by atoms with Crippen LogP contribution in [0.15, 0.2) is 23.1 Å². The predicted octanol–water partition coefficient (Wildman–Crippen LogP) is -1.21. The Kier molecular flexibility index (Phi) is 3.44. The first-order chi connectivity index (χ1) is 9.34. The molecule has 20 heavy (non-hydrogen) atoms. The molecular weight excluding hydrogens is 284 g/mol. The van der Waals surface area contributed by atoms with Crippen molar-refractivity contribution in [3.8, 4) is 6.07 Å². The highest BCUT2D eigenvalue weighted by Gasteiger charge is 2.34. The number of sulfonamides is 1. The van der Waals surface area contributed by atoms with Crippen LogP contribution in [-0.2, 0) is 19.6 Å². The van der Waals surface area contributed by atoms with Crippen molar-refractivity contribution < 1.29 is 18.0 Å². The lowest BCUT2D eigenvalue weighted by atomic mass is 10.2. The molecule has 0 unspecified atom stereocenters. The molecule has 0 aliphatic carbocycles. The molecular formula is C11H10N4O4S. The number of piperazine rings is 1. The molecule has 104 valence electrons. The third-order valence-electron chi connectivity index (χ3n) is 2.66.